The SMILES string of the molecule is CC(C)C(=O)COc1cccc(C(C)(C)C)c1. The van der Waals surface area contributed by atoms with E-state index in [0.29, 0.717) is 0 Å². The standard InChI is InChI=1S/C15H22O2/c1-11(2)14(16)10-17-13-8-6-7-12(9-13)15(3,4)5/h6-9,11H,10H2,1-5H3. The zero-order valence-electron chi connectivity index (χ0n) is 11.4. The van der Waals surface area contributed by atoms with Gasteiger partial charge in [0.1, 0.15) is 12.4 Å². The Morgan fingerprint density at radius 1 is 1.29 bits per heavy atom. The molecule has 2 nitrogen and oxygen atoms in total. The van der Waals surface area contributed by atoms with Crippen molar-refractivity contribution in [3.63, 3.8) is 0 Å². The van der Waals surface area contributed by atoms with Crippen LogP contribution in [-0.4, -0.2) is 12.4 Å². The molecule has 0 bridgehead atoms. The van der Waals surface area contributed by atoms with Crippen LogP contribution < -0.4 is 4.74 Å². The molecule has 1 aromatic rings. The summed E-state index contributed by atoms with van der Waals surface area (Å²) in [5, 5.41) is 0. The second kappa shape index (κ2) is 5.35. The first-order chi connectivity index (χ1) is 7.80. The molecule has 0 unspecified atom stereocenters. The van der Waals surface area contributed by atoms with E-state index in [4.69, 9.17) is 4.74 Å². The normalized spacial score (nSPS) is 11.6. The Kier molecular flexibility index (Phi) is 4.33. The molecule has 0 aliphatic heterocycles. The van der Waals surface area contributed by atoms with Crippen LogP contribution in [0.5, 0.6) is 5.75 Å². The molecule has 0 radical (unpaired) electrons. The van der Waals surface area contributed by atoms with E-state index in [0.717, 1.165) is 5.75 Å². The minimum absolute atomic E-state index is 0.0285. The topological polar surface area (TPSA) is 26.3 Å². The van der Waals surface area contributed by atoms with Gasteiger partial charge in [-0.3, -0.25) is 4.79 Å². The maximum atomic E-state index is 11.5. The Labute approximate surface area is 104 Å². The van der Waals surface area contributed by atoms with E-state index in [9.17, 15) is 4.79 Å². The smallest absolute Gasteiger partial charge is 0.172 e. The van der Waals surface area contributed by atoms with Crippen molar-refractivity contribution < 1.29 is 9.53 Å². The fourth-order valence-electron chi connectivity index (χ4n) is 1.37. The van der Waals surface area contributed by atoms with Crippen LogP contribution >= 0.6 is 0 Å². The highest BCUT2D eigenvalue weighted by molar-refractivity contribution is 5.81. The van der Waals surface area contributed by atoms with Crippen LogP contribution in [0.3, 0.4) is 0 Å². The Bertz CT molecular complexity index is 386. The van der Waals surface area contributed by atoms with E-state index in [-0.39, 0.29) is 23.7 Å². The molecule has 0 aliphatic rings. The third kappa shape index (κ3) is 4.22. The minimum atomic E-state index is 0.0285. The van der Waals surface area contributed by atoms with Gasteiger partial charge >= 0.3 is 0 Å². The Morgan fingerprint density at radius 3 is 2.47 bits per heavy atom. The summed E-state index contributed by atoms with van der Waals surface area (Å²) in [5.74, 6) is 0.929. The maximum Gasteiger partial charge on any atom is 0.172 e. The van der Waals surface area contributed by atoms with E-state index in [1.54, 1.807) is 0 Å². The average molecular weight is 234 g/mol. The molecule has 0 atom stereocenters. The van der Waals surface area contributed by atoms with Gasteiger partial charge in [-0.25, -0.2) is 0 Å². The van der Waals surface area contributed by atoms with Crippen LogP contribution in [0.1, 0.15) is 40.2 Å². The summed E-state index contributed by atoms with van der Waals surface area (Å²) in [5.41, 5.74) is 1.31. The van der Waals surface area contributed by atoms with Gasteiger partial charge in [0.25, 0.3) is 0 Å². The number of rotatable bonds is 4. The van der Waals surface area contributed by atoms with Crippen LogP contribution in [0, 0.1) is 5.92 Å². The number of ether oxygens (including phenoxy) is 1. The van der Waals surface area contributed by atoms with Crippen molar-refractivity contribution in [1.82, 2.24) is 0 Å². The van der Waals surface area contributed by atoms with Crippen molar-refractivity contribution in [3.05, 3.63) is 29.8 Å². The zero-order chi connectivity index (χ0) is 13.1. The van der Waals surface area contributed by atoms with Crippen molar-refractivity contribution in [2.45, 2.75) is 40.0 Å². The molecule has 17 heavy (non-hydrogen) atoms. The molecule has 0 N–H and O–H groups in total. The molecule has 0 heterocycles. The lowest BCUT2D eigenvalue weighted by atomic mass is 9.87. The molecular formula is C15H22O2. The molecule has 1 rings (SSSR count). The van der Waals surface area contributed by atoms with Crippen molar-refractivity contribution in [2.75, 3.05) is 6.61 Å². The molecule has 0 aliphatic carbocycles. The summed E-state index contributed by atoms with van der Waals surface area (Å²) in [6.45, 7) is 10.4. The lowest BCUT2D eigenvalue weighted by Gasteiger charge is -2.19. The van der Waals surface area contributed by atoms with Crippen molar-refractivity contribution >= 4 is 5.78 Å². The van der Waals surface area contributed by atoms with Crippen LogP contribution in [-0.2, 0) is 10.2 Å². The zero-order valence-corrected chi connectivity index (χ0v) is 11.4. The van der Waals surface area contributed by atoms with E-state index >= 15 is 0 Å². The van der Waals surface area contributed by atoms with Crippen molar-refractivity contribution in [1.29, 1.82) is 0 Å². The summed E-state index contributed by atoms with van der Waals surface area (Å²) >= 11 is 0. The van der Waals surface area contributed by atoms with Gasteiger partial charge in [0.05, 0.1) is 0 Å². The molecule has 94 valence electrons. The van der Waals surface area contributed by atoms with Crippen LogP contribution in [0.2, 0.25) is 0 Å². The van der Waals surface area contributed by atoms with E-state index < -0.39 is 0 Å². The summed E-state index contributed by atoms with van der Waals surface area (Å²) in [6, 6.07) is 7.95. The summed E-state index contributed by atoms with van der Waals surface area (Å²) < 4.78 is 5.52. The lowest BCUT2D eigenvalue weighted by Crippen LogP contribution is -2.17. The van der Waals surface area contributed by atoms with Gasteiger partial charge in [-0.05, 0) is 23.1 Å². The number of Topliss-reactive ketones (excluding diaryl/α,β-unsaturated/α-hetero) is 1. The fraction of sp³-hybridized carbons (Fsp3) is 0.533. The van der Waals surface area contributed by atoms with Gasteiger partial charge in [0.15, 0.2) is 5.78 Å². The molecule has 0 spiro atoms. The number of carbonyl (C=O) groups excluding carboxylic acids is 1. The Morgan fingerprint density at radius 2 is 1.94 bits per heavy atom. The largest absolute Gasteiger partial charge is 0.486 e. The van der Waals surface area contributed by atoms with Crippen LogP contribution in [0.15, 0.2) is 24.3 Å². The summed E-state index contributed by atoms with van der Waals surface area (Å²) in [4.78, 5) is 11.5. The highest BCUT2D eigenvalue weighted by Gasteiger charge is 2.14. The molecular weight excluding hydrogens is 212 g/mol. The van der Waals surface area contributed by atoms with Gasteiger partial charge < -0.3 is 4.74 Å². The molecule has 0 saturated heterocycles. The van der Waals surface area contributed by atoms with Crippen molar-refractivity contribution in [3.8, 4) is 5.75 Å². The van der Waals surface area contributed by atoms with Crippen LogP contribution in [0.25, 0.3) is 0 Å². The quantitative estimate of drug-likeness (QED) is 0.795. The first-order valence-corrected chi connectivity index (χ1v) is 6.07. The second-order valence-corrected chi connectivity index (χ2v) is 5.69. The fourth-order valence-corrected chi connectivity index (χ4v) is 1.37. The number of ketones is 1. The molecule has 0 saturated carbocycles. The molecule has 1 aromatic carbocycles. The number of hydrogen-bond acceptors (Lipinski definition) is 2. The Balaban J connectivity index is 2.70. The summed E-state index contributed by atoms with van der Waals surface area (Å²) in [6.07, 6.45) is 0. The minimum Gasteiger partial charge on any atom is -0.486 e. The highest BCUT2D eigenvalue weighted by atomic mass is 16.5. The predicted octanol–water partition coefficient (Wildman–Crippen LogP) is 3.59. The van der Waals surface area contributed by atoms with E-state index in [2.05, 4.69) is 26.8 Å². The average Bonchev–Trinajstić information content (AvgIpc) is 2.25. The number of benzene rings is 1. The van der Waals surface area contributed by atoms with Gasteiger partial charge in [-0.1, -0.05) is 46.8 Å². The third-order valence-corrected chi connectivity index (χ3v) is 2.73. The van der Waals surface area contributed by atoms with Gasteiger partial charge in [-0.15, -0.1) is 0 Å². The molecule has 0 amide bonds. The molecule has 2 heteroatoms. The van der Waals surface area contributed by atoms with Crippen LogP contribution in [0.4, 0.5) is 0 Å². The molecule has 0 fully saturated rings. The van der Waals surface area contributed by atoms with Gasteiger partial charge in [0, 0.05) is 5.92 Å². The Hall–Kier alpha value is -1.31. The lowest BCUT2D eigenvalue weighted by molar-refractivity contribution is -0.123. The number of carbonyl (C=O) groups is 1. The first-order valence-electron chi connectivity index (χ1n) is 6.07. The second-order valence-electron chi connectivity index (χ2n) is 5.69. The van der Waals surface area contributed by atoms with Crippen molar-refractivity contribution in [2.24, 2.45) is 5.92 Å². The monoisotopic (exact) mass is 234 g/mol. The van der Waals surface area contributed by atoms with E-state index in [1.807, 2.05) is 32.0 Å². The molecule has 0 aromatic heterocycles. The summed E-state index contributed by atoms with van der Waals surface area (Å²) in [7, 11) is 0. The first kappa shape index (κ1) is 13.8. The van der Waals surface area contributed by atoms with Gasteiger partial charge in [0.2, 0.25) is 0 Å². The third-order valence-electron chi connectivity index (χ3n) is 2.73. The van der Waals surface area contributed by atoms with E-state index in [1.165, 1.54) is 5.56 Å². The maximum absolute atomic E-state index is 11.5. The van der Waals surface area contributed by atoms with Gasteiger partial charge in [-0.2, -0.15) is 0 Å². The predicted molar refractivity (Wildman–Crippen MR) is 70.5 cm³/mol. The highest BCUT2D eigenvalue weighted by Crippen LogP contribution is 2.25. The number of hydrogen-bond donors (Lipinski definition) is 0.